The molecule has 0 radical (unpaired) electrons. The van der Waals surface area contributed by atoms with E-state index in [0.717, 1.165) is 0 Å². The van der Waals surface area contributed by atoms with Gasteiger partial charge < -0.3 is 4.74 Å². The van der Waals surface area contributed by atoms with E-state index in [1.165, 1.54) is 0 Å². The van der Waals surface area contributed by atoms with Crippen molar-refractivity contribution in [3.8, 4) is 0 Å². The highest BCUT2D eigenvalue weighted by Crippen LogP contribution is 2.37. The van der Waals surface area contributed by atoms with Crippen LogP contribution in [0.25, 0.3) is 0 Å². The summed E-state index contributed by atoms with van der Waals surface area (Å²) in [7, 11) is 0. The molecule has 0 aliphatic carbocycles. The first-order valence-corrected chi connectivity index (χ1v) is 3.69. The van der Waals surface area contributed by atoms with E-state index in [1.54, 1.807) is 0 Å². The van der Waals surface area contributed by atoms with E-state index in [1.807, 2.05) is 0 Å². The van der Waals surface area contributed by atoms with Crippen LogP contribution in [0.15, 0.2) is 0 Å². The van der Waals surface area contributed by atoms with Crippen LogP contribution in [0.5, 0.6) is 0 Å². The summed E-state index contributed by atoms with van der Waals surface area (Å²) in [5, 5.41) is 0. The van der Waals surface area contributed by atoms with Crippen molar-refractivity contribution in [2.24, 2.45) is 0 Å². The molecule has 0 N–H and O–H groups in total. The zero-order valence-electron chi connectivity index (χ0n) is 7.55. The molecule has 0 atom stereocenters. The zero-order chi connectivity index (χ0) is 14.1. The van der Waals surface area contributed by atoms with Gasteiger partial charge in [-0.1, -0.05) is 0 Å². The highest BCUT2D eigenvalue weighted by atomic mass is 19.4. The Bertz CT molecular complexity index is 226. The molecule has 0 aliphatic rings. The van der Waals surface area contributed by atoms with Gasteiger partial charge in [0.15, 0.2) is 0 Å². The van der Waals surface area contributed by atoms with Gasteiger partial charge in [-0.2, -0.15) is 35.1 Å². The van der Waals surface area contributed by atoms with E-state index in [0.29, 0.717) is 0 Å². The predicted octanol–water partition coefficient (Wildman–Crippen LogP) is 3.40. The third kappa shape index (κ3) is 4.96. The first-order valence-electron chi connectivity index (χ1n) is 3.69. The maximum Gasteiger partial charge on any atom is 0.423 e. The van der Waals surface area contributed by atoms with Crippen molar-refractivity contribution >= 4 is 0 Å². The Labute approximate surface area is 87.3 Å². The summed E-state index contributed by atoms with van der Waals surface area (Å²) < 4.78 is 120. The lowest BCUT2D eigenvalue weighted by Crippen LogP contribution is -2.47. The molecule has 0 aliphatic heterocycles. The first-order chi connectivity index (χ1) is 7.28. The zero-order valence-corrected chi connectivity index (χ0v) is 7.55. The van der Waals surface area contributed by atoms with Gasteiger partial charge in [0.1, 0.15) is 6.61 Å². The van der Waals surface area contributed by atoms with Crippen molar-refractivity contribution in [1.29, 1.82) is 0 Å². The molecule has 0 aromatic rings. The van der Waals surface area contributed by atoms with Crippen LogP contribution < -0.4 is 0 Å². The topological polar surface area (TPSA) is 9.23 Å². The van der Waals surface area contributed by atoms with Crippen molar-refractivity contribution in [3.05, 3.63) is 0 Å². The standard InChI is InChI=1S/C6H4F10O/c7-3(8)4(9,10)1-17-2(5(11,12)13)6(14,15)16/h2-3H,1H2. The van der Waals surface area contributed by atoms with Gasteiger partial charge in [-0.05, 0) is 0 Å². The molecule has 17 heavy (non-hydrogen) atoms. The fraction of sp³-hybridized carbons (Fsp3) is 1.00. The van der Waals surface area contributed by atoms with Gasteiger partial charge in [0.2, 0.25) is 6.10 Å². The van der Waals surface area contributed by atoms with Crippen molar-refractivity contribution < 1.29 is 48.6 Å². The van der Waals surface area contributed by atoms with Crippen LogP contribution in [0.1, 0.15) is 0 Å². The summed E-state index contributed by atoms with van der Waals surface area (Å²) in [4.78, 5) is 0. The summed E-state index contributed by atoms with van der Waals surface area (Å²) in [6, 6.07) is 0. The summed E-state index contributed by atoms with van der Waals surface area (Å²) in [5.74, 6) is -5.09. The van der Waals surface area contributed by atoms with Gasteiger partial charge in [0.25, 0.3) is 0 Å². The Kier molecular flexibility index (Phi) is 4.65. The van der Waals surface area contributed by atoms with Crippen molar-refractivity contribution in [2.45, 2.75) is 30.8 Å². The summed E-state index contributed by atoms with van der Waals surface area (Å²) in [5.41, 5.74) is 0. The fourth-order valence-electron chi connectivity index (χ4n) is 0.632. The maximum atomic E-state index is 12.1. The largest absolute Gasteiger partial charge is 0.423 e. The van der Waals surface area contributed by atoms with E-state index in [-0.39, 0.29) is 0 Å². The van der Waals surface area contributed by atoms with Gasteiger partial charge in [0, 0.05) is 0 Å². The smallest absolute Gasteiger partial charge is 0.354 e. The highest BCUT2D eigenvalue weighted by Gasteiger charge is 2.59. The minimum Gasteiger partial charge on any atom is -0.354 e. The molecule has 0 amide bonds. The van der Waals surface area contributed by atoms with Gasteiger partial charge >= 0.3 is 24.7 Å². The molecule has 0 heterocycles. The van der Waals surface area contributed by atoms with Gasteiger partial charge in [-0.3, -0.25) is 0 Å². The van der Waals surface area contributed by atoms with Crippen molar-refractivity contribution in [3.63, 3.8) is 0 Å². The molecular formula is C6H4F10O. The molecule has 11 heteroatoms. The van der Waals surface area contributed by atoms with Gasteiger partial charge in [0.05, 0.1) is 0 Å². The average molecular weight is 282 g/mol. The molecule has 0 aromatic heterocycles. The lowest BCUT2D eigenvalue weighted by Gasteiger charge is -2.25. The SMILES string of the molecule is FC(F)C(F)(F)COC(C(F)(F)F)C(F)(F)F. The normalized spacial score (nSPS) is 14.8. The number of ether oxygens (including phenoxy) is 1. The minimum atomic E-state index is -6.02. The number of halogens is 10. The van der Waals surface area contributed by atoms with Crippen LogP contribution in [0.3, 0.4) is 0 Å². The maximum absolute atomic E-state index is 12.1. The van der Waals surface area contributed by atoms with Crippen LogP contribution in [0.2, 0.25) is 0 Å². The Morgan fingerprint density at radius 3 is 1.35 bits per heavy atom. The monoisotopic (exact) mass is 282 g/mol. The van der Waals surface area contributed by atoms with E-state index < -0.39 is 37.4 Å². The molecule has 0 spiro atoms. The van der Waals surface area contributed by atoms with Crippen molar-refractivity contribution in [1.82, 2.24) is 0 Å². The van der Waals surface area contributed by atoms with Gasteiger partial charge in [-0.25, -0.2) is 8.78 Å². The second-order valence-electron chi connectivity index (χ2n) is 2.84. The molecule has 0 aromatic carbocycles. The lowest BCUT2D eigenvalue weighted by molar-refractivity contribution is -0.333. The average Bonchev–Trinajstić information content (AvgIpc) is 1.97. The third-order valence-corrected chi connectivity index (χ3v) is 1.36. The second kappa shape index (κ2) is 4.86. The molecule has 0 fully saturated rings. The quantitative estimate of drug-likeness (QED) is 0.718. The Hall–Kier alpha value is -0.740. The molecular weight excluding hydrogens is 278 g/mol. The Morgan fingerprint density at radius 2 is 1.12 bits per heavy atom. The molecule has 0 saturated carbocycles. The summed E-state index contributed by atoms with van der Waals surface area (Å²) in [6.07, 6.45) is -21.0. The number of alkyl halides is 10. The van der Waals surface area contributed by atoms with E-state index in [4.69, 9.17) is 0 Å². The molecule has 104 valence electrons. The molecule has 0 bridgehead atoms. The Balaban J connectivity index is 4.71. The first kappa shape index (κ1) is 16.3. The molecule has 1 nitrogen and oxygen atoms in total. The van der Waals surface area contributed by atoms with E-state index in [2.05, 4.69) is 4.74 Å². The molecule has 0 rings (SSSR count). The van der Waals surface area contributed by atoms with Gasteiger partial charge in [-0.15, -0.1) is 0 Å². The Morgan fingerprint density at radius 1 is 0.765 bits per heavy atom. The van der Waals surface area contributed by atoms with Crippen LogP contribution in [-0.2, 0) is 4.74 Å². The third-order valence-electron chi connectivity index (χ3n) is 1.36. The van der Waals surface area contributed by atoms with Crippen LogP contribution in [0.4, 0.5) is 43.9 Å². The number of hydrogen-bond acceptors (Lipinski definition) is 1. The highest BCUT2D eigenvalue weighted by molar-refractivity contribution is 4.78. The predicted molar refractivity (Wildman–Crippen MR) is 32.8 cm³/mol. The number of hydrogen-bond donors (Lipinski definition) is 0. The van der Waals surface area contributed by atoms with Crippen LogP contribution >= 0.6 is 0 Å². The van der Waals surface area contributed by atoms with Crippen LogP contribution in [0, 0.1) is 0 Å². The van der Waals surface area contributed by atoms with E-state index >= 15 is 0 Å². The second-order valence-corrected chi connectivity index (χ2v) is 2.84. The van der Waals surface area contributed by atoms with Crippen LogP contribution in [-0.4, -0.2) is 37.4 Å². The summed E-state index contributed by atoms with van der Waals surface area (Å²) in [6.45, 7) is -2.69. The molecule has 0 saturated heterocycles. The summed E-state index contributed by atoms with van der Waals surface area (Å²) >= 11 is 0. The molecule has 0 unspecified atom stereocenters. The fourth-order valence-corrected chi connectivity index (χ4v) is 0.632. The number of rotatable bonds is 4. The lowest BCUT2D eigenvalue weighted by atomic mass is 10.3. The van der Waals surface area contributed by atoms with Crippen molar-refractivity contribution in [2.75, 3.05) is 6.61 Å². The van der Waals surface area contributed by atoms with E-state index in [9.17, 15) is 43.9 Å². The minimum absolute atomic E-state index is 2.69.